The van der Waals surface area contributed by atoms with Crippen LogP contribution in [0, 0.1) is 0 Å². The summed E-state index contributed by atoms with van der Waals surface area (Å²) in [5.41, 5.74) is 5.68. The predicted octanol–water partition coefficient (Wildman–Crippen LogP) is 2.09. The largest absolute Gasteiger partial charge is 0.573 e. The van der Waals surface area contributed by atoms with E-state index < -0.39 is 18.2 Å². The number of ether oxygens (including phenoxy) is 1. The molecule has 0 aliphatic rings. The first kappa shape index (κ1) is 16.8. The van der Waals surface area contributed by atoms with Gasteiger partial charge in [0.05, 0.1) is 0 Å². The molecule has 0 aromatic heterocycles. The summed E-state index contributed by atoms with van der Waals surface area (Å²) in [6.07, 6.45) is -4.67. The molecule has 18 heavy (non-hydrogen) atoms. The molecule has 0 saturated heterocycles. The maximum atomic E-state index is 12.0. The third kappa shape index (κ3) is 4.99. The molecule has 0 spiro atoms. The summed E-state index contributed by atoms with van der Waals surface area (Å²) in [5, 5.41) is 18.1. The smallest absolute Gasteiger partial charge is 0.508 e. The minimum atomic E-state index is -4.80. The molecule has 1 rings (SSSR count). The maximum Gasteiger partial charge on any atom is 0.573 e. The monoisotopic (exact) mass is 287 g/mol. The minimum absolute atomic E-state index is 0. The number of nitrogens with two attached hydrogens (primary N) is 1. The molecule has 4 nitrogen and oxygen atoms in total. The number of alkyl halides is 3. The van der Waals surface area contributed by atoms with E-state index >= 15 is 0 Å². The zero-order valence-electron chi connectivity index (χ0n) is 9.15. The van der Waals surface area contributed by atoms with Crippen molar-refractivity contribution < 1.29 is 28.1 Å². The number of phenolic OH excluding ortho intramolecular Hbond substituents is 1. The molecule has 104 valence electrons. The first-order valence-corrected chi connectivity index (χ1v) is 4.78. The van der Waals surface area contributed by atoms with Crippen molar-refractivity contribution in [2.75, 3.05) is 6.61 Å². The molecule has 8 heteroatoms. The SMILES string of the molecule is Cl.N[C@H](CCO)c1cc(OC(F)(F)F)ccc1O. The predicted molar refractivity (Wildman–Crippen MR) is 60.7 cm³/mol. The molecular weight excluding hydrogens is 275 g/mol. The second-order valence-corrected chi connectivity index (χ2v) is 3.39. The lowest BCUT2D eigenvalue weighted by Crippen LogP contribution is -2.18. The van der Waals surface area contributed by atoms with Crippen molar-refractivity contribution in [2.24, 2.45) is 5.73 Å². The molecule has 1 aromatic rings. The first-order valence-electron chi connectivity index (χ1n) is 4.78. The van der Waals surface area contributed by atoms with E-state index in [0.717, 1.165) is 18.2 Å². The average molecular weight is 288 g/mol. The Morgan fingerprint density at radius 1 is 1.33 bits per heavy atom. The molecule has 0 bridgehead atoms. The van der Waals surface area contributed by atoms with Crippen molar-refractivity contribution in [3.63, 3.8) is 0 Å². The fraction of sp³-hybridized carbons (Fsp3) is 0.400. The Hall–Kier alpha value is -1.18. The van der Waals surface area contributed by atoms with Crippen molar-refractivity contribution in [1.29, 1.82) is 0 Å². The lowest BCUT2D eigenvalue weighted by molar-refractivity contribution is -0.274. The van der Waals surface area contributed by atoms with Crippen LogP contribution in [0.2, 0.25) is 0 Å². The Kier molecular flexibility index (Phi) is 6.23. The third-order valence-corrected chi connectivity index (χ3v) is 2.07. The van der Waals surface area contributed by atoms with Crippen LogP contribution in [0.5, 0.6) is 11.5 Å². The van der Waals surface area contributed by atoms with Crippen molar-refractivity contribution >= 4 is 12.4 Å². The zero-order valence-corrected chi connectivity index (χ0v) is 9.96. The van der Waals surface area contributed by atoms with E-state index in [2.05, 4.69) is 4.74 Å². The topological polar surface area (TPSA) is 75.7 Å². The number of halogens is 4. The number of aliphatic hydroxyl groups is 1. The summed E-state index contributed by atoms with van der Waals surface area (Å²) in [6, 6.07) is 2.30. The highest BCUT2D eigenvalue weighted by molar-refractivity contribution is 5.85. The van der Waals surface area contributed by atoms with Gasteiger partial charge < -0.3 is 20.7 Å². The van der Waals surface area contributed by atoms with E-state index in [9.17, 15) is 18.3 Å². The molecule has 0 fully saturated rings. The molecule has 0 saturated carbocycles. The summed E-state index contributed by atoms with van der Waals surface area (Å²) in [6.45, 7) is -0.231. The Labute approximate surface area is 108 Å². The number of phenols is 1. The maximum absolute atomic E-state index is 12.0. The molecule has 0 aliphatic heterocycles. The van der Waals surface area contributed by atoms with Crippen LogP contribution in [-0.2, 0) is 0 Å². The van der Waals surface area contributed by atoms with Gasteiger partial charge in [-0.2, -0.15) is 0 Å². The van der Waals surface area contributed by atoms with E-state index in [4.69, 9.17) is 10.8 Å². The van der Waals surface area contributed by atoms with Crippen LogP contribution in [-0.4, -0.2) is 23.2 Å². The van der Waals surface area contributed by atoms with Gasteiger partial charge in [-0.25, -0.2) is 0 Å². The van der Waals surface area contributed by atoms with E-state index in [-0.39, 0.29) is 36.7 Å². The van der Waals surface area contributed by atoms with E-state index in [1.54, 1.807) is 0 Å². The quantitative estimate of drug-likeness (QED) is 0.793. The van der Waals surface area contributed by atoms with Gasteiger partial charge in [0.1, 0.15) is 11.5 Å². The van der Waals surface area contributed by atoms with Gasteiger partial charge >= 0.3 is 6.36 Å². The van der Waals surface area contributed by atoms with Crippen molar-refractivity contribution in [3.8, 4) is 11.5 Å². The van der Waals surface area contributed by atoms with E-state index in [1.165, 1.54) is 0 Å². The summed E-state index contributed by atoms with van der Waals surface area (Å²) < 4.78 is 39.6. The van der Waals surface area contributed by atoms with Gasteiger partial charge in [-0.05, 0) is 24.6 Å². The van der Waals surface area contributed by atoms with Gasteiger partial charge in [0, 0.05) is 18.2 Å². The second-order valence-electron chi connectivity index (χ2n) is 3.39. The van der Waals surface area contributed by atoms with Crippen molar-refractivity contribution in [2.45, 2.75) is 18.8 Å². The van der Waals surface area contributed by atoms with Gasteiger partial charge in [0.25, 0.3) is 0 Å². The number of aromatic hydroxyl groups is 1. The Balaban J connectivity index is 0.00000289. The molecule has 4 N–H and O–H groups in total. The number of benzene rings is 1. The fourth-order valence-electron chi connectivity index (χ4n) is 1.32. The second kappa shape index (κ2) is 6.67. The van der Waals surface area contributed by atoms with Crippen LogP contribution >= 0.6 is 12.4 Å². The Bertz CT molecular complexity index is 387. The number of hydrogen-bond donors (Lipinski definition) is 3. The lowest BCUT2D eigenvalue weighted by atomic mass is 10.0. The number of aliphatic hydroxyl groups excluding tert-OH is 1. The molecule has 0 heterocycles. The van der Waals surface area contributed by atoms with Gasteiger partial charge in [-0.3, -0.25) is 0 Å². The van der Waals surface area contributed by atoms with E-state index in [1.807, 2.05) is 0 Å². The third-order valence-electron chi connectivity index (χ3n) is 2.07. The molecule has 0 radical (unpaired) electrons. The highest BCUT2D eigenvalue weighted by atomic mass is 35.5. The van der Waals surface area contributed by atoms with Gasteiger partial charge in [-0.15, -0.1) is 25.6 Å². The minimum Gasteiger partial charge on any atom is -0.508 e. The highest BCUT2D eigenvalue weighted by Crippen LogP contribution is 2.31. The van der Waals surface area contributed by atoms with Crippen LogP contribution in [0.25, 0.3) is 0 Å². The summed E-state index contributed by atoms with van der Waals surface area (Å²) >= 11 is 0. The van der Waals surface area contributed by atoms with Gasteiger partial charge in [0.2, 0.25) is 0 Å². The van der Waals surface area contributed by atoms with Crippen LogP contribution in [0.3, 0.4) is 0 Å². The lowest BCUT2D eigenvalue weighted by Gasteiger charge is -2.15. The Morgan fingerprint density at radius 3 is 2.44 bits per heavy atom. The van der Waals surface area contributed by atoms with Gasteiger partial charge in [0.15, 0.2) is 0 Å². The van der Waals surface area contributed by atoms with Crippen LogP contribution < -0.4 is 10.5 Å². The van der Waals surface area contributed by atoms with Crippen LogP contribution in [0.15, 0.2) is 18.2 Å². The molecular formula is C10H13ClF3NO3. The highest BCUT2D eigenvalue weighted by Gasteiger charge is 2.31. The first-order chi connectivity index (χ1) is 7.83. The van der Waals surface area contributed by atoms with Crippen molar-refractivity contribution in [1.82, 2.24) is 0 Å². The summed E-state index contributed by atoms with van der Waals surface area (Å²) in [7, 11) is 0. The molecule has 1 aromatic carbocycles. The van der Waals surface area contributed by atoms with Crippen LogP contribution in [0.4, 0.5) is 13.2 Å². The fourth-order valence-corrected chi connectivity index (χ4v) is 1.32. The average Bonchev–Trinajstić information content (AvgIpc) is 2.19. The van der Waals surface area contributed by atoms with Crippen molar-refractivity contribution in [3.05, 3.63) is 23.8 Å². The summed E-state index contributed by atoms with van der Waals surface area (Å²) in [5.74, 6) is -0.695. The normalized spacial score (nSPS) is 12.7. The number of rotatable bonds is 4. The standard InChI is InChI=1S/C10H12F3NO3.ClH/c11-10(12,13)17-6-1-2-9(16)7(5-6)8(14)3-4-15;/h1-2,5,8,15-16H,3-4,14H2;1H/t8-;/m1./s1. The van der Waals surface area contributed by atoms with E-state index in [0.29, 0.717) is 0 Å². The summed E-state index contributed by atoms with van der Waals surface area (Å²) in [4.78, 5) is 0. The Morgan fingerprint density at radius 2 is 1.94 bits per heavy atom. The molecule has 1 atom stereocenters. The number of hydrogen-bond acceptors (Lipinski definition) is 4. The molecule has 0 unspecified atom stereocenters. The molecule has 0 amide bonds. The van der Waals surface area contributed by atoms with Crippen LogP contribution in [0.1, 0.15) is 18.0 Å². The van der Waals surface area contributed by atoms with Gasteiger partial charge in [-0.1, -0.05) is 0 Å². The zero-order chi connectivity index (χ0) is 13.1. The molecule has 0 aliphatic carbocycles.